The molecule has 0 aliphatic heterocycles. The zero-order valence-corrected chi connectivity index (χ0v) is 22.3. The molecule has 35 heavy (non-hydrogen) atoms. The monoisotopic (exact) mass is 492 g/mol. The van der Waals surface area contributed by atoms with Crippen molar-refractivity contribution in [2.75, 3.05) is 14.1 Å². The van der Waals surface area contributed by atoms with Gasteiger partial charge >= 0.3 is 0 Å². The predicted octanol–water partition coefficient (Wildman–Crippen LogP) is 5.53. The maximum atomic E-state index is 13.2. The molecule has 0 saturated carbocycles. The summed E-state index contributed by atoms with van der Waals surface area (Å²) in [6.45, 7) is 9.21. The van der Waals surface area contributed by atoms with Gasteiger partial charge in [0.25, 0.3) is 5.91 Å². The molecule has 0 aliphatic carbocycles. The van der Waals surface area contributed by atoms with Crippen LogP contribution in [0.3, 0.4) is 0 Å². The van der Waals surface area contributed by atoms with E-state index in [9.17, 15) is 9.00 Å². The lowest BCUT2D eigenvalue weighted by Gasteiger charge is -2.21. The highest BCUT2D eigenvalue weighted by molar-refractivity contribution is 7.91. The van der Waals surface area contributed by atoms with E-state index in [1.807, 2.05) is 43.3 Å². The minimum atomic E-state index is -3.34. The fraction of sp³-hybridized carbons (Fsp3) is 0.357. The van der Waals surface area contributed by atoms with E-state index < -0.39 is 15.8 Å². The third-order valence-corrected chi connectivity index (χ3v) is 7.32. The standard InChI is InChI=1S/C28H36N4O2S/c1-19(2)25-15-23(22-11-13-30-14-12-22)16-26(20(3)4)27(25)17-28(33)31-35(29,34)24-9-7-21(8-10-24)18-32(5)6/h7-16,19-20H,17-18H2,1-6H3,(H2,29,31,33,34). The van der Waals surface area contributed by atoms with E-state index in [2.05, 4.69) is 49.2 Å². The molecule has 3 rings (SSSR count). The van der Waals surface area contributed by atoms with E-state index in [-0.39, 0.29) is 18.3 Å². The first-order valence-electron chi connectivity index (χ1n) is 11.9. The van der Waals surface area contributed by atoms with Crippen LogP contribution in [0.1, 0.15) is 61.8 Å². The van der Waals surface area contributed by atoms with Crippen LogP contribution in [0.5, 0.6) is 0 Å². The van der Waals surface area contributed by atoms with Crippen LogP contribution in [0.25, 0.3) is 11.1 Å². The molecule has 1 heterocycles. The van der Waals surface area contributed by atoms with Crippen LogP contribution in [0, 0.1) is 0 Å². The van der Waals surface area contributed by atoms with E-state index in [0.717, 1.165) is 39.9 Å². The van der Waals surface area contributed by atoms with Gasteiger partial charge in [0, 0.05) is 18.9 Å². The quantitative estimate of drug-likeness (QED) is 0.448. The lowest BCUT2D eigenvalue weighted by Crippen LogP contribution is -2.17. The lowest BCUT2D eigenvalue weighted by molar-refractivity contribution is -0.117. The molecule has 7 heteroatoms. The highest BCUT2D eigenvalue weighted by Crippen LogP contribution is 2.34. The van der Waals surface area contributed by atoms with Crippen molar-refractivity contribution in [3.8, 4) is 11.1 Å². The fourth-order valence-electron chi connectivity index (χ4n) is 4.21. The Labute approximate surface area is 209 Å². The number of hydrogen-bond acceptors (Lipinski definition) is 4. The molecule has 0 fully saturated rings. The molecule has 0 bridgehead atoms. The maximum absolute atomic E-state index is 13.2. The van der Waals surface area contributed by atoms with Crippen molar-refractivity contribution < 1.29 is 9.00 Å². The Hall–Kier alpha value is -2.87. The first-order chi connectivity index (χ1) is 16.5. The van der Waals surface area contributed by atoms with Crippen molar-refractivity contribution in [3.05, 3.63) is 83.2 Å². The third kappa shape index (κ3) is 6.84. The van der Waals surface area contributed by atoms with Gasteiger partial charge in [0.2, 0.25) is 0 Å². The van der Waals surface area contributed by atoms with Crippen molar-refractivity contribution in [2.45, 2.75) is 57.4 Å². The van der Waals surface area contributed by atoms with Crippen LogP contribution in [-0.4, -0.2) is 34.1 Å². The maximum Gasteiger partial charge on any atom is 0.259 e. The number of hydrogen-bond donors (Lipinski definition) is 1. The Morgan fingerprint density at radius 1 is 0.943 bits per heavy atom. The van der Waals surface area contributed by atoms with Crippen molar-refractivity contribution >= 4 is 15.8 Å². The van der Waals surface area contributed by atoms with Gasteiger partial charge in [-0.25, -0.2) is 9.35 Å². The summed E-state index contributed by atoms with van der Waals surface area (Å²) in [6.07, 6.45) is 3.62. The smallest absolute Gasteiger partial charge is 0.259 e. The van der Waals surface area contributed by atoms with Crippen LogP contribution < -0.4 is 5.14 Å². The van der Waals surface area contributed by atoms with Gasteiger partial charge in [-0.1, -0.05) is 52.0 Å². The number of carbonyl (C=O) groups excluding carboxylic acids is 1. The highest BCUT2D eigenvalue weighted by Gasteiger charge is 2.20. The highest BCUT2D eigenvalue weighted by atomic mass is 32.2. The molecule has 1 unspecified atom stereocenters. The summed E-state index contributed by atoms with van der Waals surface area (Å²) >= 11 is 0. The zero-order valence-electron chi connectivity index (χ0n) is 21.5. The average Bonchev–Trinajstić information content (AvgIpc) is 2.79. The summed E-state index contributed by atoms with van der Waals surface area (Å²) in [5.74, 6) is -0.0811. The molecule has 0 saturated heterocycles. The first-order valence-corrected chi connectivity index (χ1v) is 13.4. The molecule has 2 aromatic carbocycles. The van der Waals surface area contributed by atoms with Crippen molar-refractivity contribution in [3.63, 3.8) is 0 Å². The summed E-state index contributed by atoms with van der Waals surface area (Å²) in [5.41, 5.74) is 6.35. The van der Waals surface area contributed by atoms with Gasteiger partial charge in [0.1, 0.15) is 9.92 Å². The molecular formula is C28H36N4O2S. The molecule has 186 valence electrons. The van der Waals surface area contributed by atoms with Gasteiger partial charge < -0.3 is 4.90 Å². The SMILES string of the molecule is CC(C)c1cc(-c2ccncc2)cc(C(C)C)c1CC(=O)N=S(N)(=O)c1ccc(CN(C)C)cc1. The zero-order chi connectivity index (χ0) is 25.8. The van der Waals surface area contributed by atoms with E-state index in [1.54, 1.807) is 24.5 Å². The summed E-state index contributed by atoms with van der Waals surface area (Å²) in [4.78, 5) is 19.6. The molecule has 6 nitrogen and oxygen atoms in total. The topological polar surface area (TPSA) is 88.6 Å². The number of aromatic nitrogens is 1. The van der Waals surface area contributed by atoms with Gasteiger partial charge in [-0.2, -0.15) is 0 Å². The average molecular weight is 493 g/mol. The normalized spacial score (nSPS) is 13.3. The summed E-state index contributed by atoms with van der Waals surface area (Å²) in [6, 6.07) is 15.4. The van der Waals surface area contributed by atoms with Gasteiger partial charge in [-0.3, -0.25) is 9.78 Å². The number of amides is 1. The number of pyridine rings is 1. The minimum Gasteiger partial charge on any atom is -0.305 e. The molecule has 0 radical (unpaired) electrons. The van der Waals surface area contributed by atoms with Crippen LogP contribution in [0.2, 0.25) is 0 Å². The van der Waals surface area contributed by atoms with Gasteiger partial charge in [0.05, 0.1) is 11.3 Å². The van der Waals surface area contributed by atoms with E-state index in [0.29, 0.717) is 4.90 Å². The Morgan fingerprint density at radius 3 is 1.97 bits per heavy atom. The number of nitrogens with zero attached hydrogens (tertiary/aromatic N) is 3. The van der Waals surface area contributed by atoms with Crippen LogP contribution in [0.15, 0.2) is 70.2 Å². The van der Waals surface area contributed by atoms with Gasteiger partial charge in [-0.15, -0.1) is 4.36 Å². The third-order valence-electron chi connectivity index (χ3n) is 5.90. The Balaban J connectivity index is 1.98. The number of nitrogens with two attached hydrogens (primary N) is 1. The first kappa shape index (κ1) is 26.7. The molecule has 1 aromatic heterocycles. The fourth-order valence-corrected chi connectivity index (χ4v) is 5.20. The van der Waals surface area contributed by atoms with E-state index in [1.165, 1.54) is 0 Å². The van der Waals surface area contributed by atoms with Crippen LogP contribution >= 0.6 is 0 Å². The van der Waals surface area contributed by atoms with Crippen LogP contribution in [0.4, 0.5) is 0 Å². The van der Waals surface area contributed by atoms with E-state index >= 15 is 0 Å². The number of carbonyl (C=O) groups is 1. The Bertz CT molecular complexity index is 1260. The molecule has 3 aromatic rings. The Morgan fingerprint density at radius 2 is 1.49 bits per heavy atom. The molecular weight excluding hydrogens is 456 g/mol. The molecule has 0 aliphatic rings. The predicted molar refractivity (Wildman–Crippen MR) is 143 cm³/mol. The van der Waals surface area contributed by atoms with Crippen LogP contribution in [-0.2, 0) is 27.7 Å². The molecule has 1 atom stereocenters. The number of rotatable bonds is 8. The lowest BCUT2D eigenvalue weighted by atomic mass is 9.84. The van der Waals surface area contributed by atoms with Gasteiger partial charge in [0.15, 0.2) is 0 Å². The van der Waals surface area contributed by atoms with Crippen molar-refractivity contribution in [1.82, 2.24) is 9.88 Å². The van der Waals surface area contributed by atoms with Gasteiger partial charge in [-0.05, 0) is 83.6 Å². The Kier molecular flexibility index (Phi) is 8.59. The van der Waals surface area contributed by atoms with Crippen molar-refractivity contribution in [2.24, 2.45) is 9.50 Å². The second-order valence-corrected chi connectivity index (χ2v) is 11.6. The summed E-state index contributed by atoms with van der Waals surface area (Å²) in [5, 5.41) is 6.06. The molecule has 1 amide bonds. The van der Waals surface area contributed by atoms with E-state index in [4.69, 9.17) is 5.14 Å². The minimum absolute atomic E-state index is 0.0601. The number of benzene rings is 2. The molecule has 2 N–H and O–H groups in total. The molecule has 0 spiro atoms. The summed E-state index contributed by atoms with van der Waals surface area (Å²) in [7, 11) is 0.624. The second-order valence-electron chi connectivity index (χ2n) is 9.79. The second kappa shape index (κ2) is 11.2. The summed E-state index contributed by atoms with van der Waals surface area (Å²) < 4.78 is 17.2. The van der Waals surface area contributed by atoms with Crippen molar-refractivity contribution in [1.29, 1.82) is 0 Å². The largest absolute Gasteiger partial charge is 0.305 e.